The number of ether oxygens (including phenoxy) is 1. The van der Waals surface area contributed by atoms with Crippen LogP contribution in [0.15, 0.2) is 200 Å². The molecule has 9 aromatic rings. The largest absolute Gasteiger partial charge is 0.453 e. The van der Waals surface area contributed by atoms with Crippen molar-refractivity contribution in [1.29, 1.82) is 0 Å². The first-order valence-electron chi connectivity index (χ1n) is 22.8. The molecule has 0 saturated heterocycles. The van der Waals surface area contributed by atoms with Crippen LogP contribution in [0.2, 0.25) is 0 Å². The number of nitrogens with zero attached hydrogens (tertiary/aromatic N) is 1. The molecule has 2 heterocycles. The molecule has 2 aliphatic heterocycles. The highest BCUT2D eigenvalue weighted by molar-refractivity contribution is 7.81. The molecule has 2 aliphatic rings. The zero-order chi connectivity index (χ0) is 44.4. The van der Waals surface area contributed by atoms with E-state index in [0.29, 0.717) is 0 Å². The maximum absolute atomic E-state index is 6.42. The van der Waals surface area contributed by atoms with Gasteiger partial charge in [-0.05, 0) is 123 Å². The van der Waals surface area contributed by atoms with Crippen LogP contribution in [0.1, 0.15) is 33.4 Å². The van der Waals surface area contributed by atoms with Gasteiger partial charge < -0.3 is 15.1 Å². The Bertz CT molecular complexity index is 3090. The fraction of sp³-hybridized carbons (Fsp3) is 0.100. The number of para-hydroxylation sites is 4. The maximum Gasteiger partial charge on any atom is 0.242 e. The lowest BCUT2D eigenvalue weighted by Gasteiger charge is -2.44. The zero-order valence-corrected chi connectivity index (χ0v) is 40.3. The van der Waals surface area contributed by atoms with Crippen LogP contribution in [0.5, 0.6) is 11.5 Å². The van der Waals surface area contributed by atoms with Crippen molar-refractivity contribution in [1.82, 2.24) is 0 Å². The van der Waals surface area contributed by atoms with Crippen molar-refractivity contribution in [3.63, 3.8) is 0 Å². The number of rotatable bonds is 7. The lowest BCUT2D eigenvalue weighted by atomic mass is 9.34. The quantitative estimate of drug-likeness (QED) is 0.120. The molecule has 322 valence electrons. The van der Waals surface area contributed by atoms with Crippen LogP contribution >= 0.6 is 7.92 Å². The van der Waals surface area contributed by atoms with Crippen LogP contribution in [0.3, 0.4) is 0 Å². The Kier molecular flexibility index (Phi) is 11.3. The van der Waals surface area contributed by atoms with E-state index < -0.39 is 16.0 Å². The van der Waals surface area contributed by atoms with Gasteiger partial charge in [-0.3, -0.25) is 0 Å². The Labute approximate surface area is 392 Å². The minimum absolute atomic E-state index is 0. The molecular formula is C60H53BNO2PSi. The first-order valence-corrected chi connectivity index (χ1v) is 26.1. The Balaban J connectivity index is 0.00000511. The normalized spacial score (nSPS) is 14.2. The lowest BCUT2D eigenvalue weighted by Crippen LogP contribution is -2.81. The summed E-state index contributed by atoms with van der Waals surface area (Å²) in [4.78, 5) is 2.35. The summed E-state index contributed by atoms with van der Waals surface area (Å²) in [5, 5.41) is 10.0. The predicted octanol–water partition coefficient (Wildman–Crippen LogP) is 8.25. The average molecular weight is 890 g/mol. The third-order valence-corrected chi connectivity index (χ3v) is 21.7. The summed E-state index contributed by atoms with van der Waals surface area (Å²) < 4.78 is 6.42. The van der Waals surface area contributed by atoms with E-state index in [9.17, 15) is 0 Å². The predicted molar refractivity (Wildman–Crippen MR) is 287 cm³/mol. The molecule has 3 nitrogen and oxygen atoms in total. The van der Waals surface area contributed by atoms with Gasteiger partial charge in [0, 0.05) is 5.69 Å². The van der Waals surface area contributed by atoms with Crippen molar-refractivity contribution in [2.75, 3.05) is 4.90 Å². The lowest BCUT2D eigenvalue weighted by molar-refractivity contribution is 0.477. The molecule has 0 spiro atoms. The zero-order valence-electron chi connectivity index (χ0n) is 38.4. The summed E-state index contributed by atoms with van der Waals surface area (Å²) in [6.45, 7) is 13.8. The topological polar surface area (TPSA) is 44.0 Å². The highest BCUT2D eigenvalue weighted by atomic mass is 31.1. The Morgan fingerprint density at radius 1 is 0.439 bits per heavy atom. The van der Waals surface area contributed by atoms with E-state index in [1.54, 1.807) is 0 Å². The number of benzene rings is 9. The summed E-state index contributed by atoms with van der Waals surface area (Å²) in [5.41, 5.74) is 15.4. The summed E-state index contributed by atoms with van der Waals surface area (Å²) in [6.07, 6.45) is 0. The van der Waals surface area contributed by atoms with Crippen molar-refractivity contribution in [2.45, 2.75) is 41.5 Å². The standard InChI is InChI=1S/C60H51BNOPSi.H2O/c1-40-35-42(3)59(43(4)36-40)61(60-44(5)37-41(2)38-45(60)6)46-29-34-58-56(39-46)64(55-27-17-18-28-57(55)65(58,49-19-9-7-10-20-49)50-21-11-8-12-22-50)48-32-30-47(31-33-48)62-51-23-13-15-25-53(51)63-54-26-16-14-24-52(54)62;/h7-39H,1-6H3;1H2. The molecule has 11 rings (SSSR count). The summed E-state index contributed by atoms with van der Waals surface area (Å²) >= 11 is 0. The van der Waals surface area contributed by atoms with Crippen molar-refractivity contribution in [2.24, 2.45) is 0 Å². The van der Waals surface area contributed by atoms with Crippen LogP contribution in [0.25, 0.3) is 0 Å². The third kappa shape index (κ3) is 6.97. The van der Waals surface area contributed by atoms with Crippen molar-refractivity contribution in [3.8, 4) is 11.5 Å². The Morgan fingerprint density at radius 3 is 1.42 bits per heavy atom. The smallest absolute Gasteiger partial charge is 0.242 e. The first-order chi connectivity index (χ1) is 31.7. The van der Waals surface area contributed by atoms with E-state index in [4.69, 9.17) is 4.74 Å². The molecule has 0 amide bonds. The summed E-state index contributed by atoms with van der Waals surface area (Å²) in [5.74, 6) is 1.72. The highest BCUT2D eigenvalue weighted by Gasteiger charge is 2.49. The Hall–Kier alpha value is -6.75. The molecular weight excluding hydrogens is 837 g/mol. The molecule has 66 heavy (non-hydrogen) atoms. The molecule has 0 radical (unpaired) electrons. The molecule has 0 aromatic heterocycles. The van der Waals surface area contributed by atoms with Crippen molar-refractivity contribution >= 4 is 92.8 Å². The fourth-order valence-electron chi connectivity index (χ4n) is 11.4. The molecule has 1 unspecified atom stereocenters. The van der Waals surface area contributed by atoms with Gasteiger partial charge in [0.05, 0.1) is 11.4 Å². The van der Waals surface area contributed by atoms with Crippen molar-refractivity contribution < 1.29 is 10.2 Å². The minimum atomic E-state index is -2.85. The van der Waals surface area contributed by atoms with Gasteiger partial charge in [-0.15, -0.1) is 0 Å². The van der Waals surface area contributed by atoms with Gasteiger partial charge in [0.1, 0.15) is 0 Å². The molecule has 0 fully saturated rings. The van der Waals surface area contributed by atoms with E-state index in [1.165, 1.54) is 86.4 Å². The molecule has 9 aromatic carbocycles. The average Bonchev–Trinajstić information content (AvgIpc) is 3.32. The van der Waals surface area contributed by atoms with Crippen LogP contribution in [0, 0.1) is 41.5 Å². The molecule has 2 N–H and O–H groups in total. The second kappa shape index (κ2) is 17.2. The Morgan fingerprint density at radius 2 is 0.894 bits per heavy atom. The number of hydrogen-bond acceptors (Lipinski definition) is 2. The highest BCUT2D eigenvalue weighted by Crippen LogP contribution is 2.50. The third-order valence-electron chi connectivity index (χ3n) is 13.8. The second-order valence-electron chi connectivity index (χ2n) is 18.1. The number of fused-ring (bicyclic) bond motifs is 4. The molecule has 0 aliphatic carbocycles. The fourth-order valence-corrected chi connectivity index (χ4v) is 20.4. The van der Waals surface area contributed by atoms with Gasteiger partial charge >= 0.3 is 0 Å². The number of anilines is 3. The molecule has 0 bridgehead atoms. The van der Waals surface area contributed by atoms with Gasteiger partial charge in [0.25, 0.3) is 0 Å². The van der Waals surface area contributed by atoms with Gasteiger partial charge in [0.2, 0.25) is 6.71 Å². The van der Waals surface area contributed by atoms with E-state index >= 15 is 0 Å². The summed E-state index contributed by atoms with van der Waals surface area (Å²) in [6, 6.07) is 75.8. The van der Waals surface area contributed by atoms with Gasteiger partial charge in [-0.1, -0.05) is 214 Å². The van der Waals surface area contributed by atoms with Crippen LogP contribution in [-0.2, 0) is 0 Å². The van der Waals surface area contributed by atoms with E-state index in [-0.39, 0.29) is 12.2 Å². The monoisotopic (exact) mass is 889 g/mol. The van der Waals surface area contributed by atoms with Crippen LogP contribution < -0.4 is 62.7 Å². The first kappa shape index (κ1) is 43.2. The minimum Gasteiger partial charge on any atom is -0.453 e. The van der Waals surface area contributed by atoms with Gasteiger partial charge in [0.15, 0.2) is 19.6 Å². The maximum atomic E-state index is 6.42. The van der Waals surface area contributed by atoms with Gasteiger partial charge in [-0.25, -0.2) is 0 Å². The van der Waals surface area contributed by atoms with E-state index in [2.05, 4.69) is 234 Å². The molecule has 6 heteroatoms. The summed E-state index contributed by atoms with van der Waals surface area (Å²) in [7, 11) is -3.85. The van der Waals surface area contributed by atoms with Crippen molar-refractivity contribution in [3.05, 3.63) is 234 Å². The van der Waals surface area contributed by atoms with Crippen LogP contribution in [-0.4, -0.2) is 20.3 Å². The van der Waals surface area contributed by atoms with Crippen LogP contribution in [0.4, 0.5) is 17.1 Å². The molecule has 1 atom stereocenters. The second-order valence-corrected chi connectivity index (χ2v) is 23.9. The van der Waals surface area contributed by atoms with E-state index in [1.807, 2.05) is 12.1 Å². The SMILES string of the molecule is Cc1cc(C)c(B(c2ccc3c(c2)P(c2ccc(N4c5ccccc5Oc5ccccc54)cc2)c2ccccc2[Si]3(c2ccccc2)c2ccccc2)c2c(C)cc(C)cc2C)c(C)c1.O. The number of hydrogen-bond donors (Lipinski definition) is 0. The number of aryl methyl sites for hydroxylation is 6. The molecule has 0 saturated carbocycles. The van der Waals surface area contributed by atoms with Gasteiger partial charge in [-0.2, -0.15) is 0 Å². The van der Waals surface area contributed by atoms with E-state index in [0.717, 1.165) is 28.6 Å².